The van der Waals surface area contributed by atoms with E-state index in [2.05, 4.69) is 70.2 Å². The Balaban J connectivity index is 1.61. The smallest absolute Gasteiger partial charge is 0.417 e. The average molecular weight is 597 g/mol. The molecule has 0 N–H and O–H groups in total. The Hall–Kier alpha value is -2.55. The lowest BCUT2D eigenvalue weighted by atomic mass is 9.98. The van der Waals surface area contributed by atoms with Gasteiger partial charge in [0.05, 0.1) is 16.8 Å². The number of cyclic esters (lactones) is 1. The van der Waals surface area contributed by atoms with Crippen molar-refractivity contribution in [3.8, 4) is 0 Å². The highest BCUT2D eigenvalue weighted by molar-refractivity contribution is 7.09. The molecule has 2 aromatic rings. The van der Waals surface area contributed by atoms with Gasteiger partial charge < -0.3 is 9.16 Å². The fourth-order valence-electron chi connectivity index (χ4n) is 4.68. The first kappa shape index (κ1) is 33.0. The minimum Gasteiger partial charge on any atom is -0.446 e. The molecule has 0 aliphatic carbocycles. The van der Waals surface area contributed by atoms with Crippen LogP contribution in [0, 0.1) is 12.8 Å². The number of ether oxygens (including phenoxy) is 1. The Kier molecular flexibility index (Phi) is 11.3. The van der Waals surface area contributed by atoms with Gasteiger partial charge in [-0.15, -0.1) is 11.3 Å². The first-order chi connectivity index (χ1) is 19.2. The number of carbonyl (C=O) groups is 2. The third-order valence-electron chi connectivity index (χ3n) is 8.37. The summed E-state index contributed by atoms with van der Waals surface area (Å²) >= 11 is 1.66. The number of carbonyl (C=O) groups excluding carboxylic acids is 2. The van der Waals surface area contributed by atoms with E-state index in [1.165, 1.54) is 16.0 Å². The highest BCUT2D eigenvalue weighted by atomic mass is 32.1. The zero-order valence-corrected chi connectivity index (χ0v) is 28.1. The number of benzene rings is 1. The number of nitrogens with zero attached hydrogens (tertiary/aromatic N) is 2. The summed E-state index contributed by atoms with van der Waals surface area (Å²) in [4.78, 5) is 31.6. The van der Waals surface area contributed by atoms with Crippen LogP contribution in [0.2, 0.25) is 18.1 Å². The van der Waals surface area contributed by atoms with E-state index in [9.17, 15) is 9.59 Å². The summed E-state index contributed by atoms with van der Waals surface area (Å²) in [7, 11) is -1.98. The number of aromatic nitrogens is 1. The monoisotopic (exact) mass is 596 g/mol. The third kappa shape index (κ3) is 8.96. The first-order valence-electron chi connectivity index (χ1n) is 14.7. The summed E-state index contributed by atoms with van der Waals surface area (Å²) in [6.07, 6.45) is 7.17. The van der Waals surface area contributed by atoms with Crippen LogP contribution >= 0.6 is 11.3 Å². The van der Waals surface area contributed by atoms with Gasteiger partial charge in [0.15, 0.2) is 8.32 Å². The Morgan fingerprint density at radius 3 is 2.54 bits per heavy atom. The van der Waals surface area contributed by atoms with E-state index in [0.717, 1.165) is 35.5 Å². The molecule has 0 saturated carbocycles. The molecule has 1 aromatic heterocycles. The third-order valence-corrected chi connectivity index (χ3v) is 13.6. The summed E-state index contributed by atoms with van der Waals surface area (Å²) in [5.74, 6) is -0.426. The van der Waals surface area contributed by atoms with Crippen molar-refractivity contribution in [1.29, 1.82) is 0 Å². The maximum absolute atomic E-state index is 13.3. The number of hydrogen-bond acceptors (Lipinski definition) is 6. The molecule has 0 bridgehead atoms. The lowest BCUT2D eigenvalue weighted by molar-refractivity contribution is -0.133. The second-order valence-electron chi connectivity index (χ2n) is 12.8. The van der Waals surface area contributed by atoms with Crippen LogP contribution in [0.5, 0.6) is 0 Å². The van der Waals surface area contributed by atoms with E-state index in [0.29, 0.717) is 6.42 Å². The van der Waals surface area contributed by atoms with Gasteiger partial charge in [0.2, 0.25) is 5.91 Å². The Morgan fingerprint density at radius 1 is 1.24 bits per heavy atom. The fraction of sp³-hybridized carbons (Fsp3) is 0.545. The van der Waals surface area contributed by atoms with Gasteiger partial charge >= 0.3 is 6.09 Å². The topological polar surface area (TPSA) is 68.7 Å². The zero-order chi connectivity index (χ0) is 30.4. The minimum absolute atomic E-state index is 0.00977. The number of amides is 2. The van der Waals surface area contributed by atoms with Crippen LogP contribution in [-0.2, 0) is 14.0 Å². The van der Waals surface area contributed by atoms with Crippen molar-refractivity contribution in [2.24, 2.45) is 5.92 Å². The maximum atomic E-state index is 13.3. The Bertz CT molecular complexity index is 1250. The fourth-order valence-corrected chi connectivity index (χ4v) is 6.59. The van der Waals surface area contributed by atoms with Crippen LogP contribution in [0.25, 0.3) is 6.08 Å². The molecule has 3 rings (SSSR count). The number of thiazole rings is 1. The van der Waals surface area contributed by atoms with Crippen LogP contribution in [0.1, 0.15) is 89.5 Å². The average Bonchev–Trinajstić information content (AvgIpc) is 3.50. The summed E-state index contributed by atoms with van der Waals surface area (Å²) < 4.78 is 12.1. The molecule has 224 valence electrons. The molecule has 41 heavy (non-hydrogen) atoms. The van der Waals surface area contributed by atoms with Gasteiger partial charge in [0.25, 0.3) is 0 Å². The molecule has 1 fully saturated rings. The van der Waals surface area contributed by atoms with E-state index in [1.54, 1.807) is 11.3 Å². The van der Waals surface area contributed by atoms with E-state index >= 15 is 0 Å². The predicted octanol–water partition coefficient (Wildman–Crippen LogP) is 9.11. The van der Waals surface area contributed by atoms with Gasteiger partial charge in [0.1, 0.15) is 12.6 Å². The number of hydrogen-bond donors (Lipinski definition) is 0. The van der Waals surface area contributed by atoms with Crippen LogP contribution < -0.4 is 0 Å². The zero-order valence-electron chi connectivity index (χ0n) is 26.3. The number of rotatable bonds is 12. The number of imide groups is 1. The van der Waals surface area contributed by atoms with Crippen LogP contribution in [0.3, 0.4) is 0 Å². The quantitative estimate of drug-likeness (QED) is 0.181. The minimum atomic E-state index is -1.98. The molecule has 2 unspecified atom stereocenters. The summed E-state index contributed by atoms with van der Waals surface area (Å²) in [6.45, 7) is 19.9. The molecular formula is C33H48N2O4SSi. The Morgan fingerprint density at radius 2 is 1.93 bits per heavy atom. The second-order valence-corrected chi connectivity index (χ2v) is 18.7. The molecule has 6 nitrogen and oxygen atoms in total. The summed E-state index contributed by atoms with van der Waals surface area (Å²) in [5, 5.41) is 3.27. The molecule has 1 saturated heterocycles. The van der Waals surface area contributed by atoms with Gasteiger partial charge in [-0.1, -0.05) is 69.7 Å². The molecule has 0 spiro atoms. The molecule has 2 amide bonds. The van der Waals surface area contributed by atoms with E-state index in [1.807, 2.05) is 44.2 Å². The predicted molar refractivity (Wildman–Crippen MR) is 171 cm³/mol. The van der Waals surface area contributed by atoms with Crippen molar-refractivity contribution in [2.75, 3.05) is 6.61 Å². The SMILES string of the molecule is CC(=Cc1csc(C)n1)C(C/C=C(/C)CCC[C@H](C)C(=O)N1C(=O)OCC1c1ccccc1)O[Si](C)(C)C(C)(C)C. The van der Waals surface area contributed by atoms with Gasteiger partial charge in [-0.3, -0.25) is 4.79 Å². The van der Waals surface area contributed by atoms with E-state index < -0.39 is 14.4 Å². The maximum Gasteiger partial charge on any atom is 0.417 e. The molecule has 1 aliphatic rings. The van der Waals surface area contributed by atoms with E-state index in [-0.39, 0.29) is 35.6 Å². The van der Waals surface area contributed by atoms with Crippen LogP contribution in [0.4, 0.5) is 4.79 Å². The Labute approximate surface area is 252 Å². The molecule has 3 atom stereocenters. The summed E-state index contributed by atoms with van der Waals surface area (Å²) in [6, 6.07) is 9.26. The summed E-state index contributed by atoms with van der Waals surface area (Å²) in [5.41, 5.74) is 4.38. The standard InChI is InChI=1S/C33H48N2O4SSi/c1-23(14-13-15-24(2)31(36)35-29(21-38-32(35)37)27-16-11-10-12-17-27)18-19-30(39-41(8,9)33(5,6)7)25(3)20-28-22-40-26(4)34-28/h10-12,16-18,20,22,24,29-30H,13-15,19,21H2,1-9H3/b23-18-,25-20?/t24-,29?,30?/m0/s1. The van der Waals surface area contributed by atoms with Gasteiger partial charge in [-0.25, -0.2) is 14.7 Å². The van der Waals surface area contributed by atoms with Crippen molar-refractivity contribution in [1.82, 2.24) is 9.88 Å². The van der Waals surface area contributed by atoms with Gasteiger partial charge in [-0.2, -0.15) is 0 Å². The molecule has 0 radical (unpaired) electrons. The normalized spacial score (nSPS) is 18.4. The number of aryl methyl sites for hydroxylation is 1. The molecule has 1 aliphatic heterocycles. The lowest BCUT2D eigenvalue weighted by Gasteiger charge is -2.39. The number of allylic oxidation sites excluding steroid dienone is 1. The first-order valence-corrected chi connectivity index (χ1v) is 18.5. The molecule has 2 heterocycles. The van der Waals surface area contributed by atoms with Crippen molar-refractivity contribution < 1.29 is 18.8 Å². The van der Waals surface area contributed by atoms with Crippen molar-refractivity contribution in [3.05, 3.63) is 69.2 Å². The molecule has 1 aromatic carbocycles. The largest absolute Gasteiger partial charge is 0.446 e. The lowest BCUT2D eigenvalue weighted by Crippen LogP contribution is -2.44. The molecular weight excluding hydrogens is 549 g/mol. The van der Waals surface area contributed by atoms with Gasteiger partial charge in [-0.05, 0) is 81.8 Å². The van der Waals surface area contributed by atoms with Crippen molar-refractivity contribution in [2.45, 2.75) is 104 Å². The van der Waals surface area contributed by atoms with Gasteiger partial charge in [0, 0.05) is 11.3 Å². The second kappa shape index (κ2) is 14.1. The molecule has 8 heteroatoms. The van der Waals surface area contributed by atoms with Crippen molar-refractivity contribution >= 4 is 37.7 Å². The van der Waals surface area contributed by atoms with Crippen LogP contribution in [0.15, 0.2) is 52.9 Å². The highest BCUT2D eigenvalue weighted by Crippen LogP contribution is 2.39. The highest BCUT2D eigenvalue weighted by Gasteiger charge is 2.41. The van der Waals surface area contributed by atoms with Crippen LogP contribution in [-0.4, -0.2) is 42.9 Å². The van der Waals surface area contributed by atoms with Crippen molar-refractivity contribution in [3.63, 3.8) is 0 Å². The van der Waals surface area contributed by atoms with E-state index in [4.69, 9.17) is 9.16 Å².